The van der Waals surface area contributed by atoms with Crippen LogP contribution in [0.4, 0.5) is 5.69 Å². The third-order valence-corrected chi connectivity index (χ3v) is 3.42. The van der Waals surface area contributed by atoms with Crippen molar-refractivity contribution in [3.63, 3.8) is 0 Å². The van der Waals surface area contributed by atoms with Gasteiger partial charge in [0.15, 0.2) is 13.1 Å². The van der Waals surface area contributed by atoms with Gasteiger partial charge in [0.05, 0.1) is 7.05 Å². The molecule has 0 aliphatic rings. The lowest BCUT2D eigenvalue weighted by molar-refractivity contribution is -0.886. The van der Waals surface area contributed by atoms with Crippen LogP contribution in [0.2, 0.25) is 0 Å². The fraction of sp³-hybridized carbons (Fsp3) is 0.438. The molecule has 1 aromatic heterocycles. The summed E-state index contributed by atoms with van der Waals surface area (Å²) in [6.45, 7) is 8.69. The molecule has 2 aromatic rings. The smallest absolute Gasteiger partial charge is 0.279 e. The zero-order valence-corrected chi connectivity index (χ0v) is 13.8. The minimum atomic E-state index is -0.0243. The highest BCUT2D eigenvalue weighted by atomic mass is 16.4. The van der Waals surface area contributed by atoms with Crippen molar-refractivity contribution >= 4 is 11.6 Å². The Morgan fingerprint density at radius 2 is 1.82 bits per heavy atom. The van der Waals surface area contributed by atoms with Gasteiger partial charge in [-0.2, -0.15) is 0 Å². The Morgan fingerprint density at radius 1 is 1.18 bits per heavy atom. The number of carbonyl (C=O) groups excluding carboxylic acids is 1. The molecule has 1 heterocycles. The van der Waals surface area contributed by atoms with Gasteiger partial charge in [-0.25, -0.2) is 0 Å². The van der Waals surface area contributed by atoms with Gasteiger partial charge in [-0.05, 0) is 31.9 Å². The number of aryl methyl sites for hydroxylation is 4. The SMILES string of the molecule is Cc1cc(C)c(NC(=O)C[NH+](C)Cc2nnc(C)o2)c(C)c1. The average Bonchev–Trinajstić information content (AvgIpc) is 2.79. The van der Waals surface area contributed by atoms with E-state index in [1.54, 1.807) is 6.92 Å². The van der Waals surface area contributed by atoms with Crippen molar-refractivity contribution in [3.05, 3.63) is 40.6 Å². The number of aromatic nitrogens is 2. The number of benzene rings is 1. The lowest BCUT2D eigenvalue weighted by Crippen LogP contribution is -3.08. The summed E-state index contributed by atoms with van der Waals surface area (Å²) >= 11 is 0. The van der Waals surface area contributed by atoms with Gasteiger partial charge in [0.25, 0.3) is 11.8 Å². The molecular weight excluding hydrogens is 280 g/mol. The maximum absolute atomic E-state index is 12.2. The van der Waals surface area contributed by atoms with E-state index in [4.69, 9.17) is 4.42 Å². The molecule has 0 radical (unpaired) electrons. The first kappa shape index (κ1) is 16.2. The molecule has 22 heavy (non-hydrogen) atoms. The molecule has 0 bridgehead atoms. The zero-order valence-electron chi connectivity index (χ0n) is 13.8. The maximum Gasteiger partial charge on any atom is 0.279 e. The van der Waals surface area contributed by atoms with E-state index in [-0.39, 0.29) is 5.91 Å². The Morgan fingerprint density at radius 3 is 2.36 bits per heavy atom. The number of amides is 1. The van der Waals surface area contributed by atoms with E-state index in [0.29, 0.717) is 24.9 Å². The van der Waals surface area contributed by atoms with E-state index in [1.807, 2.05) is 20.9 Å². The average molecular weight is 303 g/mol. The summed E-state index contributed by atoms with van der Waals surface area (Å²) < 4.78 is 5.33. The molecule has 2 rings (SSSR count). The van der Waals surface area contributed by atoms with E-state index in [1.165, 1.54) is 5.56 Å². The van der Waals surface area contributed by atoms with Crippen LogP contribution in [-0.4, -0.2) is 29.7 Å². The molecule has 0 aliphatic carbocycles. The highest BCUT2D eigenvalue weighted by Crippen LogP contribution is 2.21. The number of carbonyl (C=O) groups is 1. The van der Waals surface area contributed by atoms with Gasteiger partial charge in [-0.3, -0.25) is 4.79 Å². The molecule has 0 spiro atoms. The van der Waals surface area contributed by atoms with Gasteiger partial charge in [-0.1, -0.05) is 17.7 Å². The lowest BCUT2D eigenvalue weighted by atomic mass is 10.1. The number of quaternary nitrogens is 1. The van der Waals surface area contributed by atoms with E-state index in [0.717, 1.165) is 21.7 Å². The zero-order chi connectivity index (χ0) is 16.3. The summed E-state index contributed by atoms with van der Waals surface area (Å²) in [4.78, 5) is 13.2. The van der Waals surface area contributed by atoms with E-state index in [9.17, 15) is 4.79 Å². The molecule has 0 saturated heterocycles. The van der Waals surface area contributed by atoms with Crippen LogP contribution in [0.25, 0.3) is 0 Å². The molecule has 6 nitrogen and oxygen atoms in total. The normalized spacial score (nSPS) is 12.2. The van der Waals surface area contributed by atoms with Crippen molar-refractivity contribution in [2.75, 3.05) is 18.9 Å². The second-order valence-corrected chi connectivity index (χ2v) is 5.85. The Hall–Kier alpha value is -2.21. The van der Waals surface area contributed by atoms with Crippen molar-refractivity contribution in [2.45, 2.75) is 34.2 Å². The van der Waals surface area contributed by atoms with Crippen molar-refractivity contribution in [2.24, 2.45) is 0 Å². The first-order chi connectivity index (χ1) is 10.3. The van der Waals surface area contributed by atoms with Crippen LogP contribution in [-0.2, 0) is 11.3 Å². The Labute approximate surface area is 130 Å². The van der Waals surface area contributed by atoms with Crippen molar-refractivity contribution in [1.29, 1.82) is 0 Å². The number of nitrogens with one attached hydrogen (secondary N) is 2. The second kappa shape index (κ2) is 6.70. The molecule has 1 amide bonds. The quantitative estimate of drug-likeness (QED) is 0.863. The predicted molar refractivity (Wildman–Crippen MR) is 83.8 cm³/mol. The van der Waals surface area contributed by atoms with Crippen LogP contribution in [0.15, 0.2) is 16.5 Å². The van der Waals surface area contributed by atoms with Crippen LogP contribution < -0.4 is 10.2 Å². The van der Waals surface area contributed by atoms with E-state index in [2.05, 4.69) is 34.6 Å². The van der Waals surface area contributed by atoms with Crippen LogP contribution in [0.3, 0.4) is 0 Å². The van der Waals surface area contributed by atoms with E-state index < -0.39 is 0 Å². The van der Waals surface area contributed by atoms with Crippen molar-refractivity contribution in [3.8, 4) is 0 Å². The van der Waals surface area contributed by atoms with Gasteiger partial charge in [0.1, 0.15) is 0 Å². The highest BCUT2D eigenvalue weighted by Gasteiger charge is 2.15. The first-order valence-corrected chi connectivity index (χ1v) is 7.33. The van der Waals surface area contributed by atoms with E-state index >= 15 is 0 Å². The van der Waals surface area contributed by atoms with Crippen LogP contribution in [0, 0.1) is 27.7 Å². The number of rotatable bonds is 5. The molecule has 118 valence electrons. The fourth-order valence-corrected chi connectivity index (χ4v) is 2.56. The molecule has 0 saturated carbocycles. The molecule has 0 fully saturated rings. The third-order valence-electron chi connectivity index (χ3n) is 3.42. The molecule has 1 aromatic carbocycles. The maximum atomic E-state index is 12.2. The van der Waals surface area contributed by atoms with Gasteiger partial charge in [0.2, 0.25) is 5.89 Å². The molecular formula is C16H23N4O2+. The summed E-state index contributed by atoms with van der Waals surface area (Å²) in [5.41, 5.74) is 4.26. The Bertz CT molecular complexity index is 656. The fourth-order valence-electron chi connectivity index (χ4n) is 2.56. The van der Waals surface area contributed by atoms with Gasteiger partial charge in [-0.15, -0.1) is 10.2 Å². The highest BCUT2D eigenvalue weighted by molar-refractivity contribution is 5.93. The van der Waals surface area contributed by atoms with Gasteiger partial charge < -0.3 is 14.6 Å². The monoisotopic (exact) mass is 303 g/mol. The van der Waals surface area contributed by atoms with Crippen LogP contribution in [0.1, 0.15) is 28.5 Å². The molecule has 1 atom stereocenters. The first-order valence-electron chi connectivity index (χ1n) is 7.33. The topological polar surface area (TPSA) is 72.5 Å². The Kier molecular flexibility index (Phi) is 4.92. The lowest BCUT2D eigenvalue weighted by Gasteiger charge is -2.15. The molecule has 1 unspecified atom stereocenters. The summed E-state index contributed by atoms with van der Waals surface area (Å²) in [7, 11) is 1.92. The van der Waals surface area contributed by atoms with Crippen molar-refractivity contribution < 1.29 is 14.1 Å². The second-order valence-electron chi connectivity index (χ2n) is 5.85. The largest absolute Gasteiger partial charge is 0.420 e. The van der Waals surface area contributed by atoms with Gasteiger partial charge in [0, 0.05) is 12.6 Å². The minimum Gasteiger partial charge on any atom is -0.420 e. The molecule has 2 N–H and O–H groups in total. The van der Waals surface area contributed by atoms with Crippen LogP contribution in [0.5, 0.6) is 0 Å². The molecule has 0 aliphatic heterocycles. The summed E-state index contributed by atoms with van der Waals surface area (Å²) in [5, 5.41) is 10.7. The van der Waals surface area contributed by atoms with Crippen LogP contribution >= 0.6 is 0 Å². The Balaban J connectivity index is 1.95. The summed E-state index contributed by atoms with van der Waals surface area (Å²) in [6, 6.07) is 4.14. The number of likely N-dealkylation sites (N-methyl/N-ethyl adjacent to an activating group) is 1. The standard InChI is InChI=1S/C16H22N4O2/c1-10-6-11(2)16(12(3)7-10)17-14(21)8-20(5)9-15-19-18-13(4)22-15/h6-7H,8-9H2,1-5H3,(H,17,21)/p+1. The summed E-state index contributed by atoms with van der Waals surface area (Å²) in [5.74, 6) is 1.06. The number of anilines is 1. The summed E-state index contributed by atoms with van der Waals surface area (Å²) in [6.07, 6.45) is 0. The minimum absolute atomic E-state index is 0.0243. The number of hydrogen-bond acceptors (Lipinski definition) is 4. The van der Waals surface area contributed by atoms with Crippen molar-refractivity contribution in [1.82, 2.24) is 10.2 Å². The van der Waals surface area contributed by atoms with Gasteiger partial charge >= 0.3 is 0 Å². The number of nitrogens with zero attached hydrogens (tertiary/aromatic N) is 2. The third kappa shape index (κ3) is 4.14. The predicted octanol–water partition coefficient (Wildman–Crippen LogP) is 0.957. The molecule has 6 heteroatoms. The number of hydrogen-bond donors (Lipinski definition) is 2.